The van der Waals surface area contributed by atoms with Crippen molar-refractivity contribution < 1.29 is 13.9 Å². The quantitative estimate of drug-likeness (QED) is 0.353. The van der Waals surface area contributed by atoms with Crippen LogP contribution in [0.25, 0.3) is 17.4 Å². The van der Waals surface area contributed by atoms with E-state index in [1.165, 1.54) is 23.0 Å². The Morgan fingerprint density at radius 3 is 2.57 bits per heavy atom. The van der Waals surface area contributed by atoms with E-state index >= 15 is 0 Å². The number of hydrogen-bond acceptors (Lipinski definition) is 6. The van der Waals surface area contributed by atoms with Gasteiger partial charge < -0.3 is 9.15 Å². The minimum atomic E-state index is -0.701. The molecule has 0 aliphatic carbocycles. The second-order valence-corrected chi connectivity index (χ2v) is 9.66. The van der Waals surface area contributed by atoms with Crippen LogP contribution in [0.1, 0.15) is 24.3 Å². The van der Waals surface area contributed by atoms with Crippen molar-refractivity contribution in [1.82, 2.24) is 4.57 Å². The molecule has 0 saturated heterocycles. The van der Waals surface area contributed by atoms with Gasteiger partial charge in [-0.05, 0) is 48.9 Å². The molecule has 6 nitrogen and oxygen atoms in total. The molecule has 0 radical (unpaired) electrons. The molecule has 35 heavy (non-hydrogen) atoms. The van der Waals surface area contributed by atoms with Crippen molar-refractivity contribution in [1.29, 1.82) is 0 Å². The van der Waals surface area contributed by atoms with Gasteiger partial charge in [0.05, 0.1) is 34.0 Å². The Balaban J connectivity index is 1.66. The Kier molecular flexibility index (Phi) is 6.23. The van der Waals surface area contributed by atoms with Gasteiger partial charge in [0, 0.05) is 16.7 Å². The first-order chi connectivity index (χ1) is 16.9. The Bertz CT molecular complexity index is 1660. The molecule has 0 fully saturated rings. The zero-order valence-corrected chi connectivity index (χ0v) is 20.9. The third kappa shape index (κ3) is 4.27. The molecule has 0 N–H and O–H groups in total. The average Bonchev–Trinajstić information content (AvgIpc) is 3.43. The lowest BCUT2D eigenvalue weighted by atomic mass is 9.96. The summed E-state index contributed by atoms with van der Waals surface area (Å²) in [6.07, 6.45) is 1.67. The standard InChI is InChI=1S/C26H18Cl2N2O4S/c1-14-22(25(32)33-2)23(15-7-9-16(27)10-8-15)30-24(31)21(35-26(30)29-14)13-17-11-12-20(34-17)18-5-3-4-6-19(18)28/h3-13,23H,1-2H3/b21-13-. The number of halogens is 2. The maximum absolute atomic E-state index is 13.6. The lowest BCUT2D eigenvalue weighted by molar-refractivity contribution is -0.136. The lowest BCUT2D eigenvalue weighted by Gasteiger charge is -2.24. The second-order valence-electron chi connectivity index (χ2n) is 7.81. The predicted molar refractivity (Wildman–Crippen MR) is 136 cm³/mol. The molecule has 4 aromatic rings. The monoisotopic (exact) mass is 524 g/mol. The molecule has 1 unspecified atom stereocenters. The molecule has 2 aromatic heterocycles. The van der Waals surface area contributed by atoms with Crippen LogP contribution in [0.15, 0.2) is 86.1 Å². The van der Waals surface area contributed by atoms with Crippen LogP contribution in [0.5, 0.6) is 0 Å². The summed E-state index contributed by atoms with van der Waals surface area (Å²) in [7, 11) is 1.31. The number of methoxy groups -OCH3 is 1. The van der Waals surface area contributed by atoms with E-state index in [2.05, 4.69) is 4.99 Å². The van der Waals surface area contributed by atoms with Crippen molar-refractivity contribution in [3.63, 3.8) is 0 Å². The fourth-order valence-electron chi connectivity index (χ4n) is 4.02. The predicted octanol–water partition coefficient (Wildman–Crippen LogP) is 4.98. The van der Waals surface area contributed by atoms with Gasteiger partial charge in [-0.15, -0.1) is 0 Å². The molecule has 1 atom stereocenters. The highest BCUT2D eigenvalue weighted by atomic mass is 35.5. The lowest BCUT2D eigenvalue weighted by Crippen LogP contribution is -2.39. The highest BCUT2D eigenvalue weighted by Gasteiger charge is 2.33. The van der Waals surface area contributed by atoms with Crippen molar-refractivity contribution in [2.45, 2.75) is 13.0 Å². The first-order valence-electron chi connectivity index (χ1n) is 10.6. The van der Waals surface area contributed by atoms with Crippen molar-refractivity contribution in [2.24, 2.45) is 4.99 Å². The van der Waals surface area contributed by atoms with Crippen LogP contribution >= 0.6 is 34.5 Å². The highest BCUT2D eigenvalue weighted by Crippen LogP contribution is 2.32. The van der Waals surface area contributed by atoms with Crippen molar-refractivity contribution in [2.75, 3.05) is 7.11 Å². The van der Waals surface area contributed by atoms with E-state index < -0.39 is 12.0 Å². The molecule has 176 valence electrons. The number of benzene rings is 2. The van der Waals surface area contributed by atoms with Gasteiger partial charge >= 0.3 is 5.97 Å². The number of nitrogens with zero attached hydrogens (tertiary/aromatic N) is 2. The van der Waals surface area contributed by atoms with Crippen LogP contribution in [-0.4, -0.2) is 17.6 Å². The SMILES string of the molecule is COC(=O)C1=C(C)N=c2s/c(=C\c3ccc(-c4ccccc4Cl)o3)c(=O)n2C1c1ccc(Cl)cc1. The molecule has 9 heteroatoms. The Morgan fingerprint density at radius 1 is 1.11 bits per heavy atom. The van der Waals surface area contributed by atoms with E-state index in [4.69, 9.17) is 32.4 Å². The third-order valence-corrected chi connectivity index (χ3v) is 7.22. The molecule has 1 aliphatic heterocycles. The van der Waals surface area contributed by atoms with Crippen LogP contribution < -0.4 is 14.9 Å². The maximum Gasteiger partial charge on any atom is 0.338 e. The van der Waals surface area contributed by atoms with Gasteiger partial charge in [0.2, 0.25) is 0 Å². The Morgan fingerprint density at radius 2 is 1.86 bits per heavy atom. The number of ether oxygens (including phenoxy) is 1. The molecule has 0 amide bonds. The van der Waals surface area contributed by atoms with Crippen LogP contribution in [-0.2, 0) is 9.53 Å². The third-order valence-electron chi connectivity index (χ3n) is 5.65. The van der Waals surface area contributed by atoms with E-state index in [9.17, 15) is 9.59 Å². The first-order valence-corrected chi connectivity index (χ1v) is 12.2. The van der Waals surface area contributed by atoms with E-state index in [-0.39, 0.29) is 5.56 Å². The summed E-state index contributed by atoms with van der Waals surface area (Å²) in [6, 6.07) is 17.3. The Hall–Kier alpha value is -3.39. The van der Waals surface area contributed by atoms with Crippen molar-refractivity contribution >= 4 is 46.6 Å². The highest BCUT2D eigenvalue weighted by molar-refractivity contribution is 7.07. The van der Waals surface area contributed by atoms with Crippen LogP contribution in [0.2, 0.25) is 10.0 Å². The molecular weight excluding hydrogens is 507 g/mol. The van der Waals surface area contributed by atoms with Crippen LogP contribution in [0, 0.1) is 0 Å². The van der Waals surface area contributed by atoms with Gasteiger partial charge in [-0.3, -0.25) is 9.36 Å². The van der Waals surface area contributed by atoms with Gasteiger partial charge in [-0.1, -0.05) is 58.8 Å². The van der Waals surface area contributed by atoms with Gasteiger partial charge in [-0.25, -0.2) is 9.79 Å². The van der Waals surface area contributed by atoms with E-state index in [0.29, 0.717) is 42.2 Å². The van der Waals surface area contributed by atoms with Gasteiger partial charge in [-0.2, -0.15) is 0 Å². The fraction of sp³-hybridized carbons (Fsp3) is 0.115. The summed E-state index contributed by atoms with van der Waals surface area (Å²) < 4.78 is 12.9. The van der Waals surface area contributed by atoms with E-state index in [1.807, 2.05) is 18.2 Å². The summed E-state index contributed by atoms with van der Waals surface area (Å²) in [4.78, 5) is 31.3. The summed E-state index contributed by atoms with van der Waals surface area (Å²) >= 11 is 13.6. The summed E-state index contributed by atoms with van der Waals surface area (Å²) in [5, 5.41) is 1.12. The minimum absolute atomic E-state index is 0.293. The van der Waals surface area contributed by atoms with Crippen LogP contribution in [0.3, 0.4) is 0 Å². The molecule has 2 aromatic carbocycles. The number of carbonyl (C=O) groups is 1. The number of allylic oxidation sites excluding steroid dienone is 1. The molecular formula is C26H18Cl2N2O4S. The molecule has 0 bridgehead atoms. The number of rotatable bonds is 4. The summed E-state index contributed by atoms with van der Waals surface area (Å²) in [5.41, 5.74) is 1.97. The van der Waals surface area contributed by atoms with E-state index in [0.717, 1.165) is 11.1 Å². The molecule has 0 saturated carbocycles. The smallest absolute Gasteiger partial charge is 0.338 e. The number of aromatic nitrogens is 1. The topological polar surface area (TPSA) is 73.8 Å². The van der Waals surface area contributed by atoms with Gasteiger partial charge in [0.1, 0.15) is 11.5 Å². The fourth-order valence-corrected chi connectivity index (χ4v) is 5.40. The van der Waals surface area contributed by atoms with E-state index in [1.54, 1.807) is 55.5 Å². The number of thiazole rings is 1. The summed E-state index contributed by atoms with van der Waals surface area (Å²) in [6.45, 7) is 1.73. The number of furan rings is 1. The molecule has 0 spiro atoms. The molecule has 5 rings (SSSR count). The van der Waals surface area contributed by atoms with Gasteiger partial charge in [0.25, 0.3) is 5.56 Å². The maximum atomic E-state index is 13.6. The number of fused-ring (bicyclic) bond motifs is 1. The molecule has 3 heterocycles. The molecule has 1 aliphatic rings. The second kappa shape index (κ2) is 9.34. The minimum Gasteiger partial charge on any atom is -0.466 e. The number of carbonyl (C=O) groups excluding carboxylic acids is 1. The number of hydrogen-bond donors (Lipinski definition) is 0. The zero-order chi connectivity index (χ0) is 24.7. The average molecular weight is 525 g/mol. The largest absolute Gasteiger partial charge is 0.466 e. The Labute approximate surface area is 214 Å². The zero-order valence-electron chi connectivity index (χ0n) is 18.6. The van der Waals surface area contributed by atoms with Crippen LogP contribution in [0.4, 0.5) is 0 Å². The number of esters is 1. The van der Waals surface area contributed by atoms with Crippen molar-refractivity contribution in [3.05, 3.63) is 113 Å². The van der Waals surface area contributed by atoms with Crippen molar-refractivity contribution in [3.8, 4) is 11.3 Å². The van der Waals surface area contributed by atoms with Gasteiger partial charge in [0.15, 0.2) is 4.80 Å². The first kappa shape index (κ1) is 23.4. The normalized spacial score (nSPS) is 15.7. The summed E-state index contributed by atoms with van der Waals surface area (Å²) in [5.74, 6) is 0.547.